The molecule has 1 N–H and O–H groups in total. The molecule has 3 rings (SSSR count). The molecule has 4 nitrogen and oxygen atoms in total. The summed E-state index contributed by atoms with van der Waals surface area (Å²) in [6.45, 7) is 14.0. The van der Waals surface area contributed by atoms with Gasteiger partial charge in [0.05, 0.1) is 13.7 Å². The normalized spacial score (nSPS) is 16.6. The fourth-order valence-electron chi connectivity index (χ4n) is 5.12. The van der Waals surface area contributed by atoms with E-state index in [1.807, 2.05) is 6.66 Å². The molecule has 1 heterocycles. The van der Waals surface area contributed by atoms with Gasteiger partial charge in [0.25, 0.3) is 0 Å². The van der Waals surface area contributed by atoms with Crippen LogP contribution in [0.5, 0.6) is 11.5 Å². The van der Waals surface area contributed by atoms with E-state index in [1.165, 1.54) is 29.7 Å². The van der Waals surface area contributed by atoms with Gasteiger partial charge in [0.1, 0.15) is 11.5 Å². The molecule has 2 unspecified atom stereocenters. The Hall–Kier alpha value is -1.77. The van der Waals surface area contributed by atoms with Crippen LogP contribution in [0.3, 0.4) is 0 Å². The zero-order valence-corrected chi connectivity index (χ0v) is 24.3. The summed E-state index contributed by atoms with van der Waals surface area (Å²) in [6, 6.07) is 15.1. The maximum absolute atomic E-state index is 10.1. The Balaban J connectivity index is 1.54. The number of nitrogens with zero attached hydrogens (tertiary/aromatic N) is 1. The van der Waals surface area contributed by atoms with Gasteiger partial charge in [-0.15, -0.1) is 0 Å². The van der Waals surface area contributed by atoms with Crippen LogP contribution < -0.4 is 14.4 Å². The van der Waals surface area contributed by atoms with Gasteiger partial charge in [-0.2, -0.15) is 0 Å². The van der Waals surface area contributed by atoms with Crippen LogP contribution in [0.15, 0.2) is 42.5 Å². The third-order valence-corrected chi connectivity index (χ3v) is 9.08. The van der Waals surface area contributed by atoms with Gasteiger partial charge in [-0.3, -0.25) is 0 Å². The molecule has 0 aliphatic carbocycles. The van der Waals surface area contributed by atoms with Crippen molar-refractivity contribution < 1.29 is 14.4 Å². The van der Waals surface area contributed by atoms with E-state index in [0.29, 0.717) is 17.0 Å². The third-order valence-electron chi connectivity index (χ3n) is 7.48. The quantitative estimate of drug-likeness (QED) is 0.295. The monoisotopic (exact) mass is 513 g/mol. The van der Waals surface area contributed by atoms with Crippen LogP contribution in [0.1, 0.15) is 70.9 Å². The predicted molar refractivity (Wildman–Crippen MR) is 155 cm³/mol. The lowest BCUT2D eigenvalue weighted by molar-refractivity contribution is 0.222. The maximum atomic E-state index is 10.1. The van der Waals surface area contributed by atoms with Gasteiger partial charge in [0.15, 0.2) is 0 Å². The summed E-state index contributed by atoms with van der Waals surface area (Å²) < 4.78 is 11.8. The highest BCUT2D eigenvalue weighted by Crippen LogP contribution is 2.36. The van der Waals surface area contributed by atoms with Crippen molar-refractivity contribution in [3.05, 3.63) is 53.6 Å². The zero-order chi connectivity index (χ0) is 26.1. The molecule has 0 spiro atoms. The molecule has 0 bridgehead atoms. The van der Waals surface area contributed by atoms with Crippen LogP contribution in [0, 0.1) is 11.3 Å². The summed E-state index contributed by atoms with van der Waals surface area (Å²) in [4.78, 5) is 12.6. The topological polar surface area (TPSA) is 41.9 Å². The fraction of sp³-hybridized carbons (Fsp3) is 0.613. The van der Waals surface area contributed by atoms with E-state index in [2.05, 4.69) is 75.1 Å². The molecule has 2 aromatic rings. The van der Waals surface area contributed by atoms with Gasteiger partial charge in [-0.05, 0) is 92.3 Å². The van der Waals surface area contributed by atoms with Gasteiger partial charge < -0.3 is 19.3 Å². The molecule has 0 aromatic heterocycles. The summed E-state index contributed by atoms with van der Waals surface area (Å²) in [5, 5.41) is 0. The molecule has 0 saturated carbocycles. The molecule has 2 aromatic carbocycles. The summed E-state index contributed by atoms with van der Waals surface area (Å²) in [5.41, 5.74) is 4.78. The first-order valence-electron chi connectivity index (χ1n) is 13.7. The van der Waals surface area contributed by atoms with Gasteiger partial charge >= 0.3 is 0 Å². The number of rotatable bonds is 12. The molecule has 0 amide bonds. The number of hydrogen-bond acceptors (Lipinski definition) is 4. The maximum Gasteiger partial charge on any atom is 0.120 e. The molecule has 0 radical (unpaired) electrons. The predicted octanol–water partition coefficient (Wildman–Crippen LogP) is 7.70. The standard InChI is InChI=1S/C31H48NO3P/c1-7-29(36(6)33)21-25-10-8-12-28(20-25)35-23-24-15-18-32(19-16-24)30-22-27(34-5)14-13-26(30)11-9-17-31(2,3)4/h8,10,12-14,20,22,24,29,33H,7,9,11,15-19,21,23H2,1-6H3. The molecule has 200 valence electrons. The van der Waals surface area contributed by atoms with Gasteiger partial charge in [0.2, 0.25) is 0 Å². The largest absolute Gasteiger partial charge is 0.497 e. The highest BCUT2D eigenvalue weighted by molar-refractivity contribution is 7.51. The summed E-state index contributed by atoms with van der Waals surface area (Å²) in [7, 11) is 0.847. The first kappa shape index (κ1) is 28.8. The van der Waals surface area contributed by atoms with Crippen molar-refractivity contribution in [2.24, 2.45) is 11.3 Å². The minimum absolute atomic E-state index is 0.356. The lowest BCUT2D eigenvalue weighted by atomic mass is 9.88. The SMILES string of the molecule is CCC(Cc1cccc(OCC2CCN(c3cc(OC)ccc3CCCC(C)(C)C)CC2)c1)P(C)O. The lowest BCUT2D eigenvalue weighted by Gasteiger charge is -2.35. The smallest absolute Gasteiger partial charge is 0.120 e. The number of ether oxygens (including phenoxy) is 2. The van der Waals surface area contributed by atoms with Crippen LogP contribution >= 0.6 is 8.15 Å². The molecule has 5 heteroatoms. The summed E-state index contributed by atoms with van der Waals surface area (Å²) in [6.07, 6.45) is 7.77. The molecular formula is C31H48NO3P. The van der Waals surface area contributed by atoms with Crippen LogP contribution in [-0.2, 0) is 12.8 Å². The van der Waals surface area contributed by atoms with E-state index in [-0.39, 0.29) is 0 Å². The highest BCUT2D eigenvalue weighted by atomic mass is 31.1. The zero-order valence-electron chi connectivity index (χ0n) is 23.4. The Bertz CT molecular complexity index is 932. The van der Waals surface area contributed by atoms with E-state index in [4.69, 9.17) is 9.47 Å². The van der Waals surface area contributed by atoms with Gasteiger partial charge in [-0.25, -0.2) is 0 Å². The second-order valence-corrected chi connectivity index (χ2v) is 13.5. The number of benzene rings is 2. The van der Waals surface area contributed by atoms with E-state index in [9.17, 15) is 4.89 Å². The van der Waals surface area contributed by atoms with Crippen LogP contribution in [-0.4, -0.2) is 44.0 Å². The Morgan fingerprint density at radius 1 is 1.08 bits per heavy atom. The molecule has 36 heavy (non-hydrogen) atoms. The summed E-state index contributed by atoms with van der Waals surface area (Å²) >= 11 is 0. The van der Waals surface area contributed by atoms with Gasteiger partial charge in [-0.1, -0.05) is 45.9 Å². The molecular weight excluding hydrogens is 465 g/mol. The van der Waals surface area contributed by atoms with Crippen molar-refractivity contribution in [1.82, 2.24) is 0 Å². The van der Waals surface area contributed by atoms with Crippen LogP contribution in [0.4, 0.5) is 5.69 Å². The van der Waals surface area contributed by atoms with E-state index < -0.39 is 8.15 Å². The Morgan fingerprint density at radius 2 is 1.83 bits per heavy atom. The first-order chi connectivity index (χ1) is 17.2. The lowest BCUT2D eigenvalue weighted by Crippen LogP contribution is -2.36. The molecule has 2 atom stereocenters. The number of hydrogen-bond donors (Lipinski definition) is 1. The number of methoxy groups -OCH3 is 1. The molecule has 1 aliphatic rings. The van der Waals surface area contributed by atoms with Gasteiger partial charge in [0, 0.05) is 38.7 Å². The fourth-order valence-corrected chi connectivity index (χ4v) is 6.12. The van der Waals surface area contributed by atoms with Crippen molar-refractivity contribution in [3.8, 4) is 11.5 Å². The average Bonchev–Trinajstić information content (AvgIpc) is 2.86. The van der Waals surface area contributed by atoms with Crippen molar-refractivity contribution in [2.45, 2.75) is 78.3 Å². The minimum atomic E-state index is -0.907. The van der Waals surface area contributed by atoms with Crippen molar-refractivity contribution in [3.63, 3.8) is 0 Å². The second-order valence-electron chi connectivity index (χ2n) is 11.6. The summed E-state index contributed by atoms with van der Waals surface area (Å²) in [5.74, 6) is 2.47. The number of aryl methyl sites for hydroxylation is 1. The molecule has 1 fully saturated rings. The average molecular weight is 514 g/mol. The van der Waals surface area contributed by atoms with Crippen molar-refractivity contribution in [1.29, 1.82) is 0 Å². The highest BCUT2D eigenvalue weighted by Gasteiger charge is 2.23. The minimum Gasteiger partial charge on any atom is -0.497 e. The van der Waals surface area contributed by atoms with E-state index >= 15 is 0 Å². The van der Waals surface area contributed by atoms with Crippen LogP contribution in [0.2, 0.25) is 0 Å². The number of anilines is 1. The Morgan fingerprint density at radius 3 is 2.47 bits per heavy atom. The molecule has 1 saturated heterocycles. The Labute approximate surface area is 221 Å². The van der Waals surface area contributed by atoms with Crippen LogP contribution in [0.25, 0.3) is 0 Å². The second kappa shape index (κ2) is 13.7. The van der Waals surface area contributed by atoms with Crippen molar-refractivity contribution in [2.75, 3.05) is 38.4 Å². The van der Waals surface area contributed by atoms with E-state index in [0.717, 1.165) is 63.3 Å². The first-order valence-corrected chi connectivity index (χ1v) is 15.5. The third kappa shape index (κ3) is 8.96. The molecule has 1 aliphatic heterocycles. The van der Waals surface area contributed by atoms with Crippen molar-refractivity contribution >= 4 is 13.8 Å². The Kier molecular flexibility index (Phi) is 10.9. The van der Waals surface area contributed by atoms with E-state index in [1.54, 1.807) is 7.11 Å². The number of piperidine rings is 1.